The maximum atomic E-state index is 10.7. The van der Waals surface area contributed by atoms with E-state index >= 15 is 0 Å². The van der Waals surface area contributed by atoms with Crippen LogP contribution in [0.15, 0.2) is 30.8 Å². The predicted molar refractivity (Wildman–Crippen MR) is 76.2 cm³/mol. The predicted octanol–water partition coefficient (Wildman–Crippen LogP) is 2.34. The molecule has 18 heavy (non-hydrogen) atoms. The zero-order valence-electron chi connectivity index (χ0n) is 11.3. The molecule has 0 saturated carbocycles. The molecule has 1 amide bonds. The number of nitrogens with one attached hydrogen (secondary N) is 2. The molecule has 2 N–H and O–H groups in total. The molecule has 0 spiro atoms. The zero-order chi connectivity index (χ0) is 13.4. The minimum Gasteiger partial charge on any atom is -0.356 e. The van der Waals surface area contributed by atoms with E-state index in [1.54, 1.807) is 0 Å². The van der Waals surface area contributed by atoms with Crippen molar-refractivity contribution in [2.45, 2.75) is 26.8 Å². The molecule has 0 heterocycles. The molecule has 0 bridgehead atoms. The minimum atomic E-state index is 0.0316. The fourth-order valence-electron chi connectivity index (χ4n) is 1.66. The van der Waals surface area contributed by atoms with Gasteiger partial charge in [0, 0.05) is 20.0 Å². The van der Waals surface area contributed by atoms with E-state index in [0.29, 0.717) is 0 Å². The van der Waals surface area contributed by atoms with E-state index in [2.05, 4.69) is 41.5 Å². The van der Waals surface area contributed by atoms with Crippen LogP contribution in [0.2, 0.25) is 0 Å². The Bertz CT molecular complexity index is 413. The highest BCUT2D eigenvalue weighted by Crippen LogP contribution is 2.12. The Labute approximate surface area is 109 Å². The Kier molecular flexibility index (Phi) is 6.15. The van der Waals surface area contributed by atoms with Crippen LogP contribution in [0.3, 0.4) is 0 Å². The first kappa shape index (κ1) is 14.5. The molecule has 98 valence electrons. The van der Waals surface area contributed by atoms with Crippen molar-refractivity contribution in [2.75, 3.05) is 13.1 Å². The Hall–Kier alpha value is -1.61. The summed E-state index contributed by atoms with van der Waals surface area (Å²) < 4.78 is 0. The van der Waals surface area contributed by atoms with Crippen LogP contribution < -0.4 is 10.6 Å². The van der Waals surface area contributed by atoms with Gasteiger partial charge in [-0.2, -0.15) is 0 Å². The molecule has 0 aliphatic rings. The van der Waals surface area contributed by atoms with Crippen molar-refractivity contribution in [3.63, 3.8) is 0 Å². The average Bonchev–Trinajstić information content (AvgIpc) is 2.33. The number of rotatable bonds is 7. The van der Waals surface area contributed by atoms with Gasteiger partial charge in [0.2, 0.25) is 5.91 Å². The standard InChI is InChI=1S/C15H22N2O/c1-12(2)15-7-4-6-14(10-15)11-16-8-5-9-17-13(3)18/h4,6-7,10,16H,1,5,8-9,11H2,2-3H3,(H,17,18). The van der Waals surface area contributed by atoms with E-state index in [4.69, 9.17) is 0 Å². The van der Waals surface area contributed by atoms with Gasteiger partial charge in [0.25, 0.3) is 0 Å². The van der Waals surface area contributed by atoms with Gasteiger partial charge in [0.1, 0.15) is 0 Å². The number of hydrogen-bond acceptors (Lipinski definition) is 2. The molecule has 0 fully saturated rings. The summed E-state index contributed by atoms with van der Waals surface area (Å²) in [4.78, 5) is 10.7. The lowest BCUT2D eigenvalue weighted by Gasteiger charge is -2.07. The van der Waals surface area contributed by atoms with Crippen LogP contribution in [0.1, 0.15) is 31.4 Å². The molecule has 3 heteroatoms. The SMILES string of the molecule is C=C(C)c1cccc(CNCCCNC(C)=O)c1. The van der Waals surface area contributed by atoms with Crippen LogP contribution in [0.25, 0.3) is 5.57 Å². The quantitative estimate of drug-likeness (QED) is 0.725. The topological polar surface area (TPSA) is 41.1 Å². The molecule has 0 radical (unpaired) electrons. The van der Waals surface area contributed by atoms with Gasteiger partial charge in [0.15, 0.2) is 0 Å². The van der Waals surface area contributed by atoms with E-state index in [1.807, 2.05) is 6.92 Å². The van der Waals surface area contributed by atoms with Crippen LogP contribution in [0.4, 0.5) is 0 Å². The molecule has 0 aliphatic heterocycles. The second-order valence-electron chi connectivity index (χ2n) is 4.49. The number of carbonyl (C=O) groups excluding carboxylic acids is 1. The third-order valence-electron chi connectivity index (χ3n) is 2.65. The van der Waals surface area contributed by atoms with Crippen LogP contribution in [-0.4, -0.2) is 19.0 Å². The summed E-state index contributed by atoms with van der Waals surface area (Å²) >= 11 is 0. The first-order chi connectivity index (χ1) is 8.59. The van der Waals surface area contributed by atoms with Gasteiger partial charge in [-0.05, 0) is 31.0 Å². The van der Waals surface area contributed by atoms with Crippen molar-refractivity contribution >= 4 is 11.5 Å². The molecule has 0 aliphatic carbocycles. The van der Waals surface area contributed by atoms with E-state index in [9.17, 15) is 4.79 Å². The summed E-state index contributed by atoms with van der Waals surface area (Å²) in [6.45, 7) is 9.97. The van der Waals surface area contributed by atoms with Gasteiger partial charge in [-0.15, -0.1) is 0 Å². The summed E-state index contributed by atoms with van der Waals surface area (Å²) in [5.74, 6) is 0.0316. The third kappa shape index (κ3) is 5.64. The zero-order valence-corrected chi connectivity index (χ0v) is 11.3. The Morgan fingerprint density at radius 3 is 2.72 bits per heavy atom. The third-order valence-corrected chi connectivity index (χ3v) is 2.65. The van der Waals surface area contributed by atoms with E-state index in [-0.39, 0.29) is 5.91 Å². The van der Waals surface area contributed by atoms with Crippen molar-refractivity contribution in [3.8, 4) is 0 Å². The highest BCUT2D eigenvalue weighted by atomic mass is 16.1. The molecular formula is C15H22N2O. The highest BCUT2D eigenvalue weighted by Gasteiger charge is 1.97. The van der Waals surface area contributed by atoms with Crippen molar-refractivity contribution in [1.29, 1.82) is 0 Å². The number of benzene rings is 1. The van der Waals surface area contributed by atoms with Gasteiger partial charge in [-0.1, -0.05) is 36.4 Å². The number of hydrogen-bond donors (Lipinski definition) is 2. The van der Waals surface area contributed by atoms with Crippen LogP contribution in [0, 0.1) is 0 Å². The van der Waals surface area contributed by atoms with Crippen molar-refractivity contribution in [1.82, 2.24) is 10.6 Å². The summed E-state index contributed by atoms with van der Waals surface area (Å²) in [6.07, 6.45) is 0.944. The first-order valence-electron chi connectivity index (χ1n) is 6.29. The van der Waals surface area contributed by atoms with Gasteiger partial charge in [-0.25, -0.2) is 0 Å². The van der Waals surface area contributed by atoms with Crippen LogP contribution in [-0.2, 0) is 11.3 Å². The second kappa shape index (κ2) is 7.67. The first-order valence-corrected chi connectivity index (χ1v) is 6.29. The molecule has 3 nitrogen and oxygen atoms in total. The number of carbonyl (C=O) groups is 1. The van der Waals surface area contributed by atoms with Crippen molar-refractivity contribution < 1.29 is 4.79 Å². The monoisotopic (exact) mass is 246 g/mol. The molecule has 0 aromatic heterocycles. The van der Waals surface area contributed by atoms with E-state index < -0.39 is 0 Å². The highest BCUT2D eigenvalue weighted by molar-refractivity contribution is 5.72. The van der Waals surface area contributed by atoms with Crippen molar-refractivity contribution in [3.05, 3.63) is 42.0 Å². The largest absolute Gasteiger partial charge is 0.356 e. The fourth-order valence-corrected chi connectivity index (χ4v) is 1.66. The molecule has 0 atom stereocenters. The summed E-state index contributed by atoms with van der Waals surface area (Å²) in [5, 5.41) is 6.14. The second-order valence-corrected chi connectivity index (χ2v) is 4.49. The minimum absolute atomic E-state index is 0.0316. The van der Waals surface area contributed by atoms with Crippen LogP contribution in [0.5, 0.6) is 0 Å². The average molecular weight is 246 g/mol. The molecule has 0 unspecified atom stereocenters. The maximum Gasteiger partial charge on any atom is 0.216 e. The molecule has 1 rings (SSSR count). The van der Waals surface area contributed by atoms with Crippen molar-refractivity contribution in [2.24, 2.45) is 0 Å². The lowest BCUT2D eigenvalue weighted by molar-refractivity contribution is -0.118. The Morgan fingerprint density at radius 1 is 1.28 bits per heavy atom. The maximum absolute atomic E-state index is 10.7. The number of amides is 1. The fraction of sp³-hybridized carbons (Fsp3) is 0.400. The molecule has 1 aromatic rings. The summed E-state index contributed by atoms with van der Waals surface area (Å²) in [6, 6.07) is 8.39. The number of allylic oxidation sites excluding steroid dienone is 1. The lowest BCUT2D eigenvalue weighted by atomic mass is 10.1. The normalized spacial score (nSPS) is 10.1. The Balaban J connectivity index is 2.25. The Morgan fingerprint density at radius 2 is 2.06 bits per heavy atom. The van der Waals surface area contributed by atoms with Gasteiger partial charge < -0.3 is 10.6 Å². The summed E-state index contributed by atoms with van der Waals surface area (Å²) in [5.41, 5.74) is 3.53. The van der Waals surface area contributed by atoms with Gasteiger partial charge >= 0.3 is 0 Å². The smallest absolute Gasteiger partial charge is 0.216 e. The van der Waals surface area contributed by atoms with Crippen LogP contribution >= 0.6 is 0 Å². The van der Waals surface area contributed by atoms with Gasteiger partial charge in [0.05, 0.1) is 0 Å². The molecular weight excluding hydrogens is 224 g/mol. The molecule has 1 aromatic carbocycles. The van der Waals surface area contributed by atoms with Gasteiger partial charge in [-0.3, -0.25) is 4.79 Å². The summed E-state index contributed by atoms with van der Waals surface area (Å²) in [7, 11) is 0. The van der Waals surface area contributed by atoms with E-state index in [1.165, 1.54) is 18.1 Å². The molecule has 0 saturated heterocycles. The lowest BCUT2D eigenvalue weighted by Crippen LogP contribution is -2.24. The van der Waals surface area contributed by atoms with E-state index in [0.717, 1.165) is 31.6 Å².